The minimum absolute atomic E-state index is 0.0138. The van der Waals surface area contributed by atoms with Crippen molar-refractivity contribution in [2.24, 2.45) is 0 Å². The van der Waals surface area contributed by atoms with Crippen molar-refractivity contribution >= 4 is 21.8 Å². The predicted octanol–water partition coefficient (Wildman–Crippen LogP) is 2.35. The van der Waals surface area contributed by atoms with E-state index in [0.29, 0.717) is 6.54 Å². The summed E-state index contributed by atoms with van der Waals surface area (Å²) in [5.74, 6) is 0.0138. The van der Waals surface area contributed by atoms with E-state index >= 15 is 0 Å². The number of nitrogens with zero attached hydrogens (tertiary/aromatic N) is 2. The van der Waals surface area contributed by atoms with E-state index in [9.17, 15) is 4.79 Å². The van der Waals surface area contributed by atoms with Crippen molar-refractivity contribution in [3.05, 3.63) is 15.9 Å². The minimum Gasteiger partial charge on any atom is -0.354 e. The lowest BCUT2D eigenvalue weighted by Gasteiger charge is -2.14. The Bertz CT molecular complexity index is 387. The Kier molecular flexibility index (Phi) is 4.53. The zero-order chi connectivity index (χ0) is 12.3. The Labute approximate surface area is 105 Å². The first-order valence-electron chi connectivity index (χ1n) is 5.48. The Morgan fingerprint density at radius 2 is 2.19 bits per heavy atom. The molecule has 0 saturated carbocycles. The molecule has 0 aliphatic carbocycles. The van der Waals surface area contributed by atoms with Crippen LogP contribution in [-0.4, -0.2) is 22.2 Å². The van der Waals surface area contributed by atoms with Gasteiger partial charge in [-0.25, -0.2) is 0 Å². The molecule has 1 N–H and O–H groups in total. The molecule has 1 rings (SSSR count). The van der Waals surface area contributed by atoms with Gasteiger partial charge in [-0.05, 0) is 43.1 Å². The van der Waals surface area contributed by atoms with E-state index in [0.717, 1.165) is 22.3 Å². The molecule has 0 saturated heterocycles. The second kappa shape index (κ2) is 5.48. The molecule has 1 aromatic heterocycles. The molecule has 0 fully saturated rings. The fourth-order valence-electron chi connectivity index (χ4n) is 1.53. The number of aromatic nitrogens is 2. The zero-order valence-electron chi connectivity index (χ0n) is 10.2. The highest BCUT2D eigenvalue weighted by Crippen LogP contribution is 2.22. The highest BCUT2D eigenvalue weighted by atomic mass is 79.9. The number of rotatable bonds is 4. The van der Waals surface area contributed by atoms with Gasteiger partial charge >= 0.3 is 0 Å². The van der Waals surface area contributed by atoms with E-state index in [1.807, 2.05) is 27.7 Å². The first kappa shape index (κ1) is 13.2. The van der Waals surface area contributed by atoms with Crippen LogP contribution in [0.25, 0.3) is 0 Å². The quantitative estimate of drug-likeness (QED) is 0.924. The van der Waals surface area contributed by atoms with Crippen LogP contribution in [0, 0.1) is 13.8 Å². The summed E-state index contributed by atoms with van der Waals surface area (Å²) in [6.45, 7) is 8.48. The van der Waals surface area contributed by atoms with Crippen molar-refractivity contribution in [2.75, 3.05) is 6.54 Å². The van der Waals surface area contributed by atoms with E-state index in [2.05, 4.69) is 26.3 Å². The Balaban J connectivity index is 2.83. The maximum Gasteiger partial charge on any atom is 0.244 e. The largest absolute Gasteiger partial charge is 0.354 e. The van der Waals surface area contributed by atoms with Crippen LogP contribution < -0.4 is 5.32 Å². The van der Waals surface area contributed by atoms with Crippen LogP contribution in [0.5, 0.6) is 0 Å². The lowest BCUT2D eigenvalue weighted by atomic mass is 10.3. The van der Waals surface area contributed by atoms with Gasteiger partial charge in [0.25, 0.3) is 0 Å². The molecular formula is C11H18BrN3O. The Hall–Kier alpha value is -0.840. The monoisotopic (exact) mass is 287 g/mol. The molecule has 0 radical (unpaired) electrons. The van der Waals surface area contributed by atoms with Crippen molar-refractivity contribution in [1.82, 2.24) is 15.1 Å². The standard InChI is InChI=1S/C11H18BrN3O/c1-5-6-13-11(16)9(4)15-8(3)10(12)7(2)14-15/h9H,5-6H2,1-4H3,(H,13,16). The molecule has 1 atom stereocenters. The van der Waals surface area contributed by atoms with Gasteiger partial charge in [-0.15, -0.1) is 0 Å². The van der Waals surface area contributed by atoms with Crippen LogP contribution in [0.15, 0.2) is 4.47 Å². The third kappa shape index (κ3) is 2.64. The highest BCUT2D eigenvalue weighted by molar-refractivity contribution is 9.10. The van der Waals surface area contributed by atoms with Crippen molar-refractivity contribution in [3.8, 4) is 0 Å². The second-order valence-corrected chi connectivity index (χ2v) is 4.69. The van der Waals surface area contributed by atoms with Crippen LogP contribution in [0.1, 0.15) is 37.7 Å². The van der Waals surface area contributed by atoms with Crippen LogP contribution in [0.4, 0.5) is 0 Å². The SMILES string of the molecule is CCCNC(=O)C(C)n1nc(C)c(Br)c1C. The molecular weight excluding hydrogens is 270 g/mol. The molecule has 16 heavy (non-hydrogen) atoms. The topological polar surface area (TPSA) is 46.9 Å². The minimum atomic E-state index is -0.267. The van der Waals surface area contributed by atoms with E-state index in [1.54, 1.807) is 4.68 Å². The van der Waals surface area contributed by atoms with Gasteiger partial charge in [0.2, 0.25) is 5.91 Å². The van der Waals surface area contributed by atoms with E-state index in [4.69, 9.17) is 0 Å². The second-order valence-electron chi connectivity index (χ2n) is 3.90. The summed E-state index contributed by atoms with van der Waals surface area (Å²) in [6, 6.07) is -0.267. The summed E-state index contributed by atoms with van der Waals surface area (Å²) < 4.78 is 2.73. The lowest BCUT2D eigenvalue weighted by Crippen LogP contribution is -2.32. The van der Waals surface area contributed by atoms with E-state index in [1.165, 1.54) is 0 Å². The number of halogens is 1. The fourth-order valence-corrected chi connectivity index (χ4v) is 1.79. The molecule has 0 bridgehead atoms. The van der Waals surface area contributed by atoms with Gasteiger partial charge < -0.3 is 5.32 Å². The third-order valence-electron chi connectivity index (χ3n) is 2.53. The van der Waals surface area contributed by atoms with Gasteiger partial charge in [0.15, 0.2) is 0 Å². The average Bonchev–Trinajstić information content (AvgIpc) is 2.52. The molecule has 0 aromatic carbocycles. The molecule has 0 spiro atoms. The molecule has 0 aliphatic heterocycles. The zero-order valence-corrected chi connectivity index (χ0v) is 11.8. The summed E-state index contributed by atoms with van der Waals surface area (Å²) in [5, 5.41) is 7.22. The lowest BCUT2D eigenvalue weighted by molar-refractivity contribution is -0.124. The Morgan fingerprint density at radius 1 is 1.56 bits per heavy atom. The number of carbonyl (C=O) groups is 1. The maximum atomic E-state index is 11.8. The summed E-state index contributed by atoms with van der Waals surface area (Å²) in [5.41, 5.74) is 1.89. The predicted molar refractivity (Wildman–Crippen MR) is 67.4 cm³/mol. The molecule has 1 unspecified atom stereocenters. The Morgan fingerprint density at radius 3 is 2.62 bits per heavy atom. The van der Waals surface area contributed by atoms with Gasteiger partial charge in [0.1, 0.15) is 6.04 Å². The van der Waals surface area contributed by atoms with Crippen LogP contribution in [0.2, 0.25) is 0 Å². The van der Waals surface area contributed by atoms with Gasteiger partial charge in [-0.1, -0.05) is 6.92 Å². The van der Waals surface area contributed by atoms with Gasteiger partial charge in [-0.3, -0.25) is 9.48 Å². The summed E-state index contributed by atoms with van der Waals surface area (Å²) in [6.07, 6.45) is 0.944. The van der Waals surface area contributed by atoms with Crippen LogP contribution in [0.3, 0.4) is 0 Å². The van der Waals surface area contributed by atoms with E-state index in [-0.39, 0.29) is 11.9 Å². The number of hydrogen-bond acceptors (Lipinski definition) is 2. The number of amides is 1. The number of nitrogens with one attached hydrogen (secondary N) is 1. The summed E-state index contributed by atoms with van der Waals surface area (Å²) >= 11 is 3.45. The first-order valence-corrected chi connectivity index (χ1v) is 6.27. The maximum absolute atomic E-state index is 11.8. The molecule has 90 valence electrons. The number of hydrogen-bond donors (Lipinski definition) is 1. The van der Waals surface area contributed by atoms with Gasteiger partial charge in [0, 0.05) is 6.54 Å². The van der Waals surface area contributed by atoms with Crippen LogP contribution in [-0.2, 0) is 4.79 Å². The molecule has 1 aromatic rings. The van der Waals surface area contributed by atoms with E-state index < -0.39 is 0 Å². The summed E-state index contributed by atoms with van der Waals surface area (Å²) in [4.78, 5) is 11.8. The molecule has 0 aliphatic rings. The average molecular weight is 288 g/mol. The summed E-state index contributed by atoms with van der Waals surface area (Å²) in [7, 11) is 0. The van der Waals surface area contributed by atoms with Gasteiger partial charge in [-0.2, -0.15) is 5.10 Å². The van der Waals surface area contributed by atoms with Crippen molar-refractivity contribution in [3.63, 3.8) is 0 Å². The number of carbonyl (C=O) groups excluding carboxylic acids is 1. The molecule has 1 amide bonds. The van der Waals surface area contributed by atoms with Gasteiger partial charge in [0.05, 0.1) is 15.9 Å². The van der Waals surface area contributed by atoms with Crippen molar-refractivity contribution in [1.29, 1.82) is 0 Å². The smallest absolute Gasteiger partial charge is 0.244 e. The third-order valence-corrected chi connectivity index (χ3v) is 3.68. The highest BCUT2D eigenvalue weighted by Gasteiger charge is 2.19. The van der Waals surface area contributed by atoms with Crippen molar-refractivity contribution < 1.29 is 4.79 Å². The van der Waals surface area contributed by atoms with Crippen LogP contribution >= 0.6 is 15.9 Å². The fraction of sp³-hybridized carbons (Fsp3) is 0.636. The number of aryl methyl sites for hydroxylation is 1. The normalized spacial score (nSPS) is 12.6. The first-order chi connectivity index (χ1) is 7.49. The molecule has 1 heterocycles. The molecule has 5 heteroatoms. The van der Waals surface area contributed by atoms with Crippen molar-refractivity contribution in [2.45, 2.75) is 40.2 Å². The molecule has 4 nitrogen and oxygen atoms in total.